The number of aliphatic carboxylic acids is 3. The van der Waals surface area contributed by atoms with E-state index in [0.29, 0.717) is 19.3 Å². The van der Waals surface area contributed by atoms with Crippen molar-refractivity contribution in [2.75, 3.05) is 26.2 Å². The molecular weight excluding hydrogens is 422 g/mol. The van der Waals surface area contributed by atoms with E-state index >= 15 is 0 Å². The third-order valence-electron chi connectivity index (χ3n) is 6.19. The summed E-state index contributed by atoms with van der Waals surface area (Å²) in [6.45, 7) is 5.51. The molecule has 0 fully saturated rings. The molecule has 0 rings (SSSR count). The molecule has 0 aliphatic heterocycles. The van der Waals surface area contributed by atoms with Gasteiger partial charge in [0.05, 0.1) is 26.2 Å². The Kier molecular flexibility index (Phi) is 19.5. The summed E-state index contributed by atoms with van der Waals surface area (Å²) in [6.07, 6.45) is 17.6. The monoisotopic (exact) mass is 469 g/mol. The largest absolute Gasteiger partial charge is 0.550 e. The standard InChI is InChI=1S/C26H47NO6/c1-2-3-4-5-6-7-8-9-13-20-27(21-14-10-17-24(28)29,22-15-11-18-25(30)31)23-16-12-19-26(32)33/h9,13H,2-8,10-12,14-23H2,1H3,(H2-,28,29,30,31,32,33)/b13-9+. The van der Waals surface area contributed by atoms with Crippen molar-refractivity contribution >= 4 is 17.9 Å². The van der Waals surface area contributed by atoms with E-state index in [1.807, 2.05) is 0 Å². The molecule has 7 nitrogen and oxygen atoms in total. The van der Waals surface area contributed by atoms with E-state index in [9.17, 15) is 19.5 Å². The number of quaternary nitrogens is 1. The summed E-state index contributed by atoms with van der Waals surface area (Å²) in [5.41, 5.74) is 0. The van der Waals surface area contributed by atoms with Crippen LogP contribution in [0.15, 0.2) is 12.2 Å². The first-order valence-corrected chi connectivity index (χ1v) is 12.9. The van der Waals surface area contributed by atoms with Crippen LogP contribution in [0.5, 0.6) is 0 Å². The number of carbonyl (C=O) groups excluding carboxylic acids is 1. The zero-order valence-corrected chi connectivity index (χ0v) is 20.8. The zero-order valence-electron chi connectivity index (χ0n) is 20.8. The summed E-state index contributed by atoms with van der Waals surface area (Å²) in [6, 6.07) is 0. The van der Waals surface area contributed by atoms with Crippen LogP contribution in [0, 0.1) is 0 Å². The lowest BCUT2D eigenvalue weighted by molar-refractivity contribution is -0.923. The molecule has 7 heteroatoms. The molecule has 0 atom stereocenters. The highest BCUT2D eigenvalue weighted by Gasteiger charge is 2.25. The Morgan fingerprint density at radius 1 is 0.667 bits per heavy atom. The highest BCUT2D eigenvalue weighted by atomic mass is 16.4. The minimum absolute atomic E-state index is 0.0475. The molecule has 2 N–H and O–H groups in total. The number of hydrogen-bond acceptors (Lipinski definition) is 4. The van der Waals surface area contributed by atoms with E-state index in [2.05, 4.69) is 19.1 Å². The maximum Gasteiger partial charge on any atom is 0.303 e. The van der Waals surface area contributed by atoms with Crippen molar-refractivity contribution < 1.29 is 34.2 Å². The van der Waals surface area contributed by atoms with Crippen molar-refractivity contribution in [2.45, 2.75) is 110 Å². The van der Waals surface area contributed by atoms with Gasteiger partial charge in [-0.15, -0.1) is 0 Å². The number of unbranched alkanes of at least 4 members (excludes halogenated alkanes) is 9. The first-order valence-electron chi connectivity index (χ1n) is 12.9. The smallest absolute Gasteiger partial charge is 0.303 e. The maximum absolute atomic E-state index is 10.9. The number of carbonyl (C=O) groups is 3. The van der Waals surface area contributed by atoms with Gasteiger partial charge in [-0.1, -0.05) is 45.1 Å². The Balaban J connectivity index is 4.91. The SMILES string of the molecule is CCCCCCCC/C=C/C[N+](CCCCC(=O)[O-])(CCCCC(=O)O)CCCCC(=O)O. The van der Waals surface area contributed by atoms with Gasteiger partial charge in [0.1, 0.15) is 0 Å². The second-order valence-corrected chi connectivity index (χ2v) is 9.25. The number of nitrogens with zero attached hydrogens (tertiary/aromatic N) is 1. The Bertz CT molecular complexity index is 506. The minimum Gasteiger partial charge on any atom is -0.550 e. The number of rotatable bonds is 24. The summed E-state index contributed by atoms with van der Waals surface area (Å²) >= 11 is 0. The van der Waals surface area contributed by atoms with Crippen molar-refractivity contribution in [1.82, 2.24) is 0 Å². The highest BCUT2D eigenvalue weighted by Crippen LogP contribution is 2.17. The Morgan fingerprint density at radius 3 is 1.64 bits per heavy atom. The summed E-state index contributed by atoms with van der Waals surface area (Å²) in [5, 5.41) is 28.7. The predicted molar refractivity (Wildman–Crippen MR) is 129 cm³/mol. The second-order valence-electron chi connectivity index (χ2n) is 9.25. The molecule has 0 aromatic carbocycles. The van der Waals surface area contributed by atoms with Gasteiger partial charge in [-0.3, -0.25) is 9.59 Å². The lowest BCUT2D eigenvalue weighted by Gasteiger charge is -2.38. The zero-order chi connectivity index (χ0) is 24.8. The van der Waals surface area contributed by atoms with Gasteiger partial charge in [-0.2, -0.15) is 0 Å². The van der Waals surface area contributed by atoms with Crippen molar-refractivity contribution in [2.24, 2.45) is 0 Å². The fourth-order valence-electron chi connectivity index (χ4n) is 4.23. The molecule has 0 spiro atoms. The summed E-state index contributed by atoms with van der Waals surface area (Å²) in [5.74, 6) is -2.61. The van der Waals surface area contributed by atoms with Gasteiger partial charge in [0.25, 0.3) is 0 Å². The maximum atomic E-state index is 10.9. The molecule has 0 aromatic rings. The Morgan fingerprint density at radius 2 is 1.15 bits per heavy atom. The van der Waals surface area contributed by atoms with Crippen LogP contribution in [0.3, 0.4) is 0 Å². The van der Waals surface area contributed by atoms with E-state index in [0.717, 1.165) is 56.3 Å². The van der Waals surface area contributed by atoms with Crippen LogP contribution >= 0.6 is 0 Å². The second kappa shape index (κ2) is 20.7. The molecule has 0 radical (unpaired) electrons. The molecule has 0 aromatic heterocycles. The van der Waals surface area contributed by atoms with Gasteiger partial charge < -0.3 is 24.6 Å². The van der Waals surface area contributed by atoms with Crippen LogP contribution in [0.1, 0.15) is 110 Å². The number of carboxylic acid groups (broad SMARTS) is 3. The Hall–Kier alpha value is -1.89. The molecule has 0 amide bonds. The lowest BCUT2D eigenvalue weighted by Crippen LogP contribution is -2.50. The molecule has 192 valence electrons. The van der Waals surface area contributed by atoms with Gasteiger partial charge in [-0.25, -0.2) is 0 Å². The van der Waals surface area contributed by atoms with Gasteiger partial charge in [0.2, 0.25) is 0 Å². The summed E-state index contributed by atoms with van der Waals surface area (Å²) in [4.78, 5) is 32.6. The van der Waals surface area contributed by atoms with Crippen LogP contribution in [-0.2, 0) is 14.4 Å². The van der Waals surface area contributed by atoms with E-state index in [1.54, 1.807) is 0 Å². The third-order valence-corrected chi connectivity index (χ3v) is 6.19. The molecule has 0 unspecified atom stereocenters. The number of hydrogen-bond donors (Lipinski definition) is 2. The minimum atomic E-state index is -1.03. The summed E-state index contributed by atoms with van der Waals surface area (Å²) in [7, 11) is 0. The predicted octanol–water partition coefficient (Wildman–Crippen LogP) is 4.54. The van der Waals surface area contributed by atoms with Crippen LogP contribution in [0.2, 0.25) is 0 Å². The van der Waals surface area contributed by atoms with Crippen molar-refractivity contribution in [3.8, 4) is 0 Å². The van der Waals surface area contributed by atoms with Gasteiger partial charge in [-0.05, 0) is 63.9 Å². The van der Waals surface area contributed by atoms with E-state index in [-0.39, 0.29) is 19.3 Å². The molecule has 0 aliphatic carbocycles. The van der Waals surface area contributed by atoms with Crippen LogP contribution in [0.25, 0.3) is 0 Å². The molecular formula is C26H47NO6. The lowest BCUT2D eigenvalue weighted by atomic mass is 10.1. The van der Waals surface area contributed by atoms with Crippen LogP contribution in [-0.4, -0.2) is 58.8 Å². The normalized spacial score (nSPS) is 11.8. The first kappa shape index (κ1) is 31.1. The number of allylic oxidation sites excluding steroid dienone is 1. The Labute approximate surface area is 200 Å². The van der Waals surface area contributed by atoms with Crippen molar-refractivity contribution in [3.05, 3.63) is 12.2 Å². The number of carboxylic acids is 3. The highest BCUT2D eigenvalue weighted by molar-refractivity contribution is 5.66. The van der Waals surface area contributed by atoms with Crippen LogP contribution < -0.4 is 5.11 Å². The quantitative estimate of drug-likeness (QED) is 0.122. The topological polar surface area (TPSA) is 115 Å². The average molecular weight is 470 g/mol. The van der Waals surface area contributed by atoms with E-state index in [1.165, 1.54) is 38.5 Å². The van der Waals surface area contributed by atoms with Crippen molar-refractivity contribution in [3.63, 3.8) is 0 Å². The fourth-order valence-corrected chi connectivity index (χ4v) is 4.23. The molecule has 0 bridgehead atoms. The third kappa shape index (κ3) is 20.4. The molecule has 0 heterocycles. The van der Waals surface area contributed by atoms with Gasteiger partial charge in [0.15, 0.2) is 0 Å². The molecule has 33 heavy (non-hydrogen) atoms. The van der Waals surface area contributed by atoms with Gasteiger partial charge in [0, 0.05) is 18.8 Å². The fraction of sp³-hybridized carbons (Fsp3) is 0.808. The summed E-state index contributed by atoms with van der Waals surface area (Å²) < 4.78 is 0.763. The van der Waals surface area contributed by atoms with E-state index in [4.69, 9.17) is 10.2 Å². The first-order chi connectivity index (χ1) is 15.8. The average Bonchev–Trinajstić information content (AvgIpc) is 2.75. The molecule has 0 aliphatic rings. The van der Waals surface area contributed by atoms with Crippen LogP contribution in [0.4, 0.5) is 0 Å². The van der Waals surface area contributed by atoms with E-state index < -0.39 is 17.9 Å². The van der Waals surface area contributed by atoms with Gasteiger partial charge >= 0.3 is 11.9 Å². The molecule has 0 saturated carbocycles. The molecule has 0 saturated heterocycles. The van der Waals surface area contributed by atoms with Crippen molar-refractivity contribution in [1.29, 1.82) is 0 Å².